The topological polar surface area (TPSA) is 60.4 Å². The van der Waals surface area contributed by atoms with Crippen molar-refractivity contribution in [2.24, 2.45) is 0 Å². The van der Waals surface area contributed by atoms with Crippen LogP contribution in [0.15, 0.2) is 33.6 Å². The van der Waals surface area contributed by atoms with Crippen LogP contribution in [-0.2, 0) is 11.3 Å². The Kier molecular flexibility index (Phi) is 3.74. The molecule has 0 unspecified atom stereocenters. The summed E-state index contributed by atoms with van der Waals surface area (Å²) in [4.78, 5) is 0. The van der Waals surface area contributed by atoms with Crippen LogP contribution in [-0.4, -0.2) is 25.4 Å². The van der Waals surface area contributed by atoms with Crippen LogP contribution in [0.5, 0.6) is 0 Å². The number of rotatable bonds is 6. The van der Waals surface area contributed by atoms with Crippen LogP contribution in [0, 0.1) is 0 Å². The van der Waals surface area contributed by atoms with Gasteiger partial charge in [0, 0.05) is 26.3 Å². The van der Waals surface area contributed by atoms with Gasteiger partial charge in [0.15, 0.2) is 5.76 Å². The molecule has 2 rings (SSSR count). The van der Waals surface area contributed by atoms with Crippen molar-refractivity contribution < 1.29 is 13.7 Å². The van der Waals surface area contributed by atoms with Crippen LogP contribution in [0.2, 0.25) is 0 Å². The van der Waals surface area contributed by atoms with Crippen molar-refractivity contribution in [2.45, 2.75) is 6.54 Å². The number of hydrogen-bond acceptors (Lipinski definition) is 5. The molecule has 0 saturated carbocycles. The Labute approximate surface area is 93.4 Å². The van der Waals surface area contributed by atoms with E-state index in [4.69, 9.17) is 13.7 Å². The molecule has 2 heterocycles. The van der Waals surface area contributed by atoms with Crippen LogP contribution in [0.25, 0.3) is 11.3 Å². The van der Waals surface area contributed by atoms with Gasteiger partial charge < -0.3 is 19.0 Å². The van der Waals surface area contributed by atoms with Gasteiger partial charge in [-0.15, -0.1) is 0 Å². The lowest BCUT2D eigenvalue weighted by Crippen LogP contribution is -2.18. The highest BCUT2D eigenvalue weighted by atomic mass is 16.5. The van der Waals surface area contributed by atoms with Gasteiger partial charge in [-0.3, -0.25) is 0 Å². The molecular weight excluding hydrogens is 208 g/mol. The molecular formula is C11H14N2O3. The maximum Gasteiger partial charge on any atom is 0.170 e. The molecule has 0 bridgehead atoms. The third kappa shape index (κ3) is 2.71. The molecule has 2 aromatic rings. The second kappa shape index (κ2) is 5.48. The molecule has 0 aromatic carbocycles. The minimum absolute atomic E-state index is 0.671. The number of methoxy groups -OCH3 is 1. The van der Waals surface area contributed by atoms with Crippen molar-refractivity contribution in [3.8, 4) is 11.3 Å². The smallest absolute Gasteiger partial charge is 0.170 e. The Balaban J connectivity index is 1.88. The first kappa shape index (κ1) is 10.9. The molecule has 2 aromatic heterocycles. The van der Waals surface area contributed by atoms with Gasteiger partial charge in [0.1, 0.15) is 6.26 Å². The Morgan fingerprint density at radius 1 is 1.50 bits per heavy atom. The first-order valence-electron chi connectivity index (χ1n) is 5.08. The lowest BCUT2D eigenvalue weighted by molar-refractivity contribution is 0.199. The number of nitrogens with one attached hydrogen (secondary N) is 1. The van der Waals surface area contributed by atoms with E-state index in [1.54, 1.807) is 19.6 Å². The summed E-state index contributed by atoms with van der Waals surface area (Å²) in [7, 11) is 1.68. The Hall–Kier alpha value is -1.59. The molecule has 0 fully saturated rings. The summed E-state index contributed by atoms with van der Waals surface area (Å²) >= 11 is 0. The molecule has 86 valence electrons. The maximum absolute atomic E-state index is 5.18. The summed E-state index contributed by atoms with van der Waals surface area (Å²) < 4.78 is 15.1. The summed E-state index contributed by atoms with van der Waals surface area (Å²) in [6.07, 6.45) is 3.23. The lowest BCUT2D eigenvalue weighted by Gasteiger charge is -1.99. The number of ether oxygens (including phenoxy) is 1. The van der Waals surface area contributed by atoms with E-state index in [0.29, 0.717) is 13.2 Å². The van der Waals surface area contributed by atoms with Crippen molar-refractivity contribution in [1.82, 2.24) is 10.5 Å². The fourth-order valence-electron chi connectivity index (χ4n) is 1.33. The van der Waals surface area contributed by atoms with Crippen molar-refractivity contribution in [3.05, 3.63) is 30.4 Å². The molecule has 0 radical (unpaired) electrons. The zero-order valence-corrected chi connectivity index (χ0v) is 9.10. The molecule has 0 amide bonds. The fourth-order valence-corrected chi connectivity index (χ4v) is 1.33. The van der Waals surface area contributed by atoms with E-state index in [9.17, 15) is 0 Å². The van der Waals surface area contributed by atoms with E-state index >= 15 is 0 Å². The normalized spacial score (nSPS) is 10.8. The monoisotopic (exact) mass is 222 g/mol. The van der Waals surface area contributed by atoms with Gasteiger partial charge in [0.05, 0.1) is 24.1 Å². The van der Waals surface area contributed by atoms with Gasteiger partial charge in [-0.05, 0) is 6.07 Å². The number of aromatic nitrogens is 1. The molecule has 0 aliphatic heterocycles. The third-order valence-electron chi connectivity index (χ3n) is 2.15. The highest BCUT2D eigenvalue weighted by molar-refractivity contribution is 5.55. The van der Waals surface area contributed by atoms with E-state index in [-0.39, 0.29) is 0 Å². The van der Waals surface area contributed by atoms with Crippen LogP contribution >= 0.6 is 0 Å². The van der Waals surface area contributed by atoms with Crippen molar-refractivity contribution in [1.29, 1.82) is 0 Å². The molecule has 0 aliphatic carbocycles. The third-order valence-corrected chi connectivity index (χ3v) is 2.15. The molecule has 5 heteroatoms. The predicted octanol–water partition coefficient (Wildman–Crippen LogP) is 1.67. The molecule has 0 spiro atoms. The van der Waals surface area contributed by atoms with E-state index in [0.717, 1.165) is 23.6 Å². The molecule has 0 aliphatic rings. The van der Waals surface area contributed by atoms with Gasteiger partial charge in [-0.2, -0.15) is 0 Å². The average Bonchev–Trinajstić information content (AvgIpc) is 2.94. The lowest BCUT2D eigenvalue weighted by atomic mass is 10.2. The van der Waals surface area contributed by atoms with Gasteiger partial charge in [-0.1, -0.05) is 5.16 Å². The number of hydrogen-bond donors (Lipinski definition) is 1. The van der Waals surface area contributed by atoms with Crippen molar-refractivity contribution >= 4 is 0 Å². The Morgan fingerprint density at radius 2 is 2.44 bits per heavy atom. The fraction of sp³-hybridized carbons (Fsp3) is 0.364. The van der Waals surface area contributed by atoms with Crippen LogP contribution in [0.3, 0.4) is 0 Å². The summed E-state index contributed by atoms with van der Waals surface area (Å²) in [6.45, 7) is 2.15. The highest BCUT2D eigenvalue weighted by Gasteiger charge is 2.06. The summed E-state index contributed by atoms with van der Waals surface area (Å²) in [5.74, 6) is 0.720. The van der Waals surface area contributed by atoms with Crippen molar-refractivity contribution in [3.63, 3.8) is 0 Å². The maximum atomic E-state index is 5.18. The molecule has 0 saturated heterocycles. The van der Waals surface area contributed by atoms with Gasteiger partial charge >= 0.3 is 0 Å². The van der Waals surface area contributed by atoms with Crippen LogP contribution in [0.1, 0.15) is 5.69 Å². The SMILES string of the molecule is COCCNCc1cc(-c2ccoc2)on1. The minimum Gasteiger partial charge on any atom is -0.472 e. The average molecular weight is 222 g/mol. The summed E-state index contributed by atoms with van der Waals surface area (Å²) in [5, 5.41) is 7.14. The van der Waals surface area contributed by atoms with Crippen LogP contribution < -0.4 is 5.32 Å². The van der Waals surface area contributed by atoms with E-state index in [1.165, 1.54) is 0 Å². The van der Waals surface area contributed by atoms with E-state index in [1.807, 2.05) is 12.1 Å². The first-order valence-corrected chi connectivity index (χ1v) is 5.08. The predicted molar refractivity (Wildman–Crippen MR) is 57.8 cm³/mol. The standard InChI is InChI=1S/C11H14N2O3/c1-14-5-3-12-7-10-6-11(16-13-10)9-2-4-15-8-9/h2,4,6,8,12H,3,5,7H2,1H3. The van der Waals surface area contributed by atoms with Gasteiger partial charge in [0.25, 0.3) is 0 Å². The first-order chi connectivity index (χ1) is 7.90. The highest BCUT2D eigenvalue weighted by Crippen LogP contribution is 2.20. The van der Waals surface area contributed by atoms with Gasteiger partial charge in [0.2, 0.25) is 0 Å². The van der Waals surface area contributed by atoms with Crippen molar-refractivity contribution in [2.75, 3.05) is 20.3 Å². The second-order valence-electron chi connectivity index (χ2n) is 3.36. The second-order valence-corrected chi connectivity index (χ2v) is 3.36. The van der Waals surface area contributed by atoms with Gasteiger partial charge in [-0.25, -0.2) is 0 Å². The largest absolute Gasteiger partial charge is 0.472 e. The summed E-state index contributed by atoms with van der Waals surface area (Å²) in [5.41, 5.74) is 1.77. The Morgan fingerprint density at radius 3 is 3.19 bits per heavy atom. The number of nitrogens with zero attached hydrogens (tertiary/aromatic N) is 1. The van der Waals surface area contributed by atoms with Crippen LogP contribution in [0.4, 0.5) is 0 Å². The zero-order valence-electron chi connectivity index (χ0n) is 9.10. The molecule has 5 nitrogen and oxygen atoms in total. The minimum atomic E-state index is 0.671. The van der Waals surface area contributed by atoms with E-state index < -0.39 is 0 Å². The summed E-state index contributed by atoms with van der Waals surface area (Å²) in [6, 6.07) is 3.73. The quantitative estimate of drug-likeness (QED) is 0.753. The molecule has 1 N–H and O–H groups in total. The number of furan rings is 1. The zero-order chi connectivity index (χ0) is 11.2. The molecule has 0 atom stereocenters. The Bertz CT molecular complexity index is 409. The molecule has 16 heavy (non-hydrogen) atoms. The van der Waals surface area contributed by atoms with E-state index in [2.05, 4.69) is 10.5 Å².